The number of ether oxygens (including phenoxy) is 1. The van der Waals surface area contributed by atoms with Crippen LogP contribution in [0.15, 0.2) is 65.6 Å². The molecule has 2 N–H and O–H groups in total. The molecule has 32 heavy (non-hydrogen) atoms. The molecule has 0 fully saturated rings. The molecule has 1 aliphatic rings. The Morgan fingerprint density at radius 1 is 0.969 bits per heavy atom. The molecule has 0 saturated heterocycles. The lowest BCUT2D eigenvalue weighted by Crippen LogP contribution is -2.15. The first-order chi connectivity index (χ1) is 15.3. The van der Waals surface area contributed by atoms with Crippen molar-refractivity contribution in [1.29, 1.82) is 0 Å². The number of benzene rings is 3. The maximum absolute atomic E-state index is 13.0. The van der Waals surface area contributed by atoms with E-state index in [2.05, 4.69) is 10.0 Å². The summed E-state index contributed by atoms with van der Waals surface area (Å²) in [7, 11) is -3.97. The second-order valence-corrected chi connectivity index (χ2v) is 9.82. The zero-order chi connectivity index (χ0) is 22.7. The fourth-order valence-corrected chi connectivity index (χ4v) is 5.21. The van der Waals surface area contributed by atoms with Gasteiger partial charge >= 0.3 is 0 Å². The van der Waals surface area contributed by atoms with E-state index in [1.165, 1.54) is 6.07 Å². The minimum Gasteiger partial charge on any atom is -0.489 e. The molecule has 6 nitrogen and oxygen atoms in total. The molecular weight excluding hydrogens is 471 g/mol. The molecule has 0 aromatic heterocycles. The van der Waals surface area contributed by atoms with E-state index in [1.807, 2.05) is 18.2 Å². The highest BCUT2D eigenvalue weighted by Crippen LogP contribution is 2.32. The average molecular weight is 491 g/mol. The zero-order valence-electron chi connectivity index (χ0n) is 16.9. The second kappa shape index (κ2) is 9.40. The van der Waals surface area contributed by atoms with Crippen LogP contribution in [0.3, 0.4) is 0 Å². The fraction of sp³-hybridized carbons (Fsp3) is 0.174. The van der Waals surface area contributed by atoms with E-state index in [0.717, 1.165) is 11.1 Å². The van der Waals surface area contributed by atoms with Gasteiger partial charge in [0.2, 0.25) is 5.91 Å². The van der Waals surface area contributed by atoms with Crippen LogP contribution in [-0.2, 0) is 27.8 Å². The lowest BCUT2D eigenvalue weighted by atomic mass is 10.1. The first-order valence-corrected chi connectivity index (χ1v) is 12.2. The van der Waals surface area contributed by atoms with Crippen LogP contribution in [-0.4, -0.2) is 14.3 Å². The summed E-state index contributed by atoms with van der Waals surface area (Å²) in [5, 5.41) is 3.47. The molecule has 4 rings (SSSR count). The van der Waals surface area contributed by atoms with E-state index in [0.29, 0.717) is 48.0 Å². The predicted molar refractivity (Wildman–Crippen MR) is 126 cm³/mol. The molecule has 0 atom stereocenters. The Bertz CT molecular complexity index is 1260. The zero-order valence-corrected chi connectivity index (χ0v) is 19.2. The molecule has 1 amide bonds. The summed E-state index contributed by atoms with van der Waals surface area (Å²) in [5.74, 6) is 0.424. The highest BCUT2D eigenvalue weighted by atomic mass is 35.5. The lowest BCUT2D eigenvalue weighted by molar-refractivity contribution is -0.116. The number of rotatable bonds is 6. The number of anilines is 2. The summed E-state index contributed by atoms with van der Waals surface area (Å²) in [4.78, 5) is 11.8. The van der Waals surface area contributed by atoms with Gasteiger partial charge in [0, 0.05) is 28.4 Å². The minimum atomic E-state index is -3.97. The predicted octanol–water partition coefficient (Wildman–Crippen LogP) is 5.65. The van der Waals surface area contributed by atoms with Crippen molar-refractivity contribution >= 4 is 50.5 Å². The van der Waals surface area contributed by atoms with Crippen molar-refractivity contribution in [2.24, 2.45) is 0 Å². The standard InChI is InChI=1S/C23H20Cl2N2O4S/c24-19-6-2-1-4-16(19)14-31-18-10-8-17(9-11-18)27-32(29,30)22-13-21-15(12-20(22)25)5-3-7-23(28)26-21/h1-2,4,6,8-13,27H,3,5,7,14H2,(H,26,28). The Morgan fingerprint density at radius 3 is 2.47 bits per heavy atom. The van der Waals surface area contributed by atoms with Crippen LogP contribution >= 0.6 is 23.2 Å². The summed E-state index contributed by atoms with van der Waals surface area (Å²) in [6.07, 6.45) is 1.72. The summed E-state index contributed by atoms with van der Waals surface area (Å²) >= 11 is 12.4. The highest BCUT2D eigenvalue weighted by molar-refractivity contribution is 7.92. The SMILES string of the molecule is O=C1CCCc2cc(Cl)c(S(=O)(=O)Nc3ccc(OCc4ccccc4Cl)cc3)cc2N1. The van der Waals surface area contributed by atoms with Gasteiger partial charge in [-0.25, -0.2) is 8.42 Å². The van der Waals surface area contributed by atoms with Gasteiger partial charge in [0.15, 0.2) is 0 Å². The van der Waals surface area contributed by atoms with Crippen LogP contribution in [0, 0.1) is 0 Å². The molecular formula is C23H20Cl2N2O4S. The van der Waals surface area contributed by atoms with Crippen molar-refractivity contribution in [2.45, 2.75) is 30.8 Å². The first-order valence-electron chi connectivity index (χ1n) is 9.93. The number of hydrogen-bond donors (Lipinski definition) is 2. The van der Waals surface area contributed by atoms with Gasteiger partial charge in [-0.2, -0.15) is 0 Å². The van der Waals surface area contributed by atoms with Gasteiger partial charge in [0.1, 0.15) is 17.3 Å². The van der Waals surface area contributed by atoms with Gasteiger partial charge < -0.3 is 10.1 Å². The monoisotopic (exact) mass is 490 g/mol. The molecule has 3 aromatic carbocycles. The van der Waals surface area contributed by atoms with E-state index < -0.39 is 10.0 Å². The number of aryl methyl sites for hydroxylation is 1. The molecule has 3 aromatic rings. The van der Waals surface area contributed by atoms with Crippen molar-refractivity contribution in [2.75, 3.05) is 10.0 Å². The van der Waals surface area contributed by atoms with Crippen molar-refractivity contribution in [3.8, 4) is 5.75 Å². The third-order valence-corrected chi connectivity index (χ3v) is 7.24. The molecule has 1 aliphatic heterocycles. The quantitative estimate of drug-likeness (QED) is 0.467. The maximum atomic E-state index is 13.0. The molecule has 0 bridgehead atoms. The molecule has 0 saturated carbocycles. The summed E-state index contributed by atoms with van der Waals surface area (Å²) in [5.41, 5.74) is 2.49. The molecule has 0 aliphatic carbocycles. The molecule has 0 unspecified atom stereocenters. The molecule has 0 spiro atoms. The number of carbonyl (C=O) groups is 1. The van der Waals surface area contributed by atoms with Crippen molar-refractivity contribution in [1.82, 2.24) is 0 Å². The van der Waals surface area contributed by atoms with E-state index in [4.69, 9.17) is 27.9 Å². The third kappa shape index (κ3) is 5.18. The van der Waals surface area contributed by atoms with Gasteiger partial charge in [-0.1, -0.05) is 41.4 Å². The van der Waals surface area contributed by atoms with Crippen LogP contribution in [0.25, 0.3) is 0 Å². The number of hydrogen-bond acceptors (Lipinski definition) is 4. The summed E-state index contributed by atoms with van der Waals surface area (Å²) in [6, 6.07) is 16.9. The Kier molecular flexibility index (Phi) is 6.60. The number of sulfonamides is 1. The van der Waals surface area contributed by atoms with E-state index in [9.17, 15) is 13.2 Å². The molecule has 166 valence electrons. The molecule has 9 heteroatoms. The highest BCUT2D eigenvalue weighted by Gasteiger charge is 2.23. The van der Waals surface area contributed by atoms with E-state index in [1.54, 1.807) is 36.4 Å². The van der Waals surface area contributed by atoms with E-state index in [-0.39, 0.29) is 15.8 Å². The number of fused-ring (bicyclic) bond motifs is 1. The summed E-state index contributed by atoms with van der Waals surface area (Å²) < 4.78 is 34.1. The van der Waals surface area contributed by atoms with Crippen LogP contribution in [0.1, 0.15) is 24.0 Å². The van der Waals surface area contributed by atoms with Crippen LogP contribution in [0.4, 0.5) is 11.4 Å². The Morgan fingerprint density at radius 2 is 1.72 bits per heavy atom. The topological polar surface area (TPSA) is 84.5 Å². The van der Waals surface area contributed by atoms with Crippen molar-refractivity contribution in [3.63, 3.8) is 0 Å². The Balaban J connectivity index is 1.49. The second-order valence-electron chi connectivity index (χ2n) is 7.35. The van der Waals surface area contributed by atoms with Crippen LogP contribution < -0.4 is 14.8 Å². The van der Waals surface area contributed by atoms with Crippen molar-refractivity contribution in [3.05, 3.63) is 81.8 Å². The Labute approximate surface area is 196 Å². The normalized spacial score (nSPS) is 13.6. The molecule has 1 heterocycles. The lowest BCUT2D eigenvalue weighted by Gasteiger charge is -2.14. The number of carbonyl (C=O) groups excluding carboxylic acids is 1. The summed E-state index contributed by atoms with van der Waals surface area (Å²) in [6.45, 7) is 0.293. The smallest absolute Gasteiger partial charge is 0.263 e. The van der Waals surface area contributed by atoms with Crippen LogP contribution in [0.5, 0.6) is 5.75 Å². The van der Waals surface area contributed by atoms with E-state index >= 15 is 0 Å². The van der Waals surface area contributed by atoms with Gasteiger partial charge in [-0.05, 0) is 60.9 Å². The van der Waals surface area contributed by atoms with Gasteiger partial charge in [-0.3, -0.25) is 9.52 Å². The van der Waals surface area contributed by atoms with Gasteiger partial charge in [0.25, 0.3) is 10.0 Å². The minimum absolute atomic E-state index is 0.0980. The Hall–Kier alpha value is -2.74. The molecule has 0 radical (unpaired) electrons. The number of halogens is 2. The van der Waals surface area contributed by atoms with Gasteiger partial charge in [-0.15, -0.1) is 0 Å². The number of amides is 1. The maximum Gasteiger partial charge on any atom is 0.263 e. The fourth-order valence-electron chi connectivity index (χ4n) is 3.38. The average Bonchev–Trinajstić information content (AvgIpc) is 2.93. The van der Waals surface area contributed by atoms with Gasteiger partial charge in [0.05, 0.1) is 5.02 Å². The van der Waals surface area contributed by atoms with Crippen molar-refractivity contribution < 1.29 is 17.9 Å². The largest absolute Gasteiger partial charge is 0.489 e. The third-order valence-electron chi connectivity index (χ3n) is 5.03. The van der Waals surface area contributed by atoms with Crippen LogP contribution in [0.2, 0.25) is 10.0 Å². The number of nitrogens with one attached hydrogen (secondary N) is 2. The first kappa shape index (κ1) is 22.5.